The van der Waals surface area contributed by atoms with Crippen molar-refractivity contribution in [1.82, 2.24) is 0 Å². The fraction of sp³-hybridized carbons (Fsp3) is 0.333. The Balaban J connectivity index is 2.90. The molecule has 4 nitrogen and oxygen atoms in total. The first-order valence-electron chi connectivity index (χ1n) is 5.18. The second kappa shape index (κ2) is 5.68. The number of rotatable bonds is 4. The van der Waals surface area contributed by atoms with Crippen LogP contribution in [0.2, 0.25) is 5.02 Å². The second-order valence-corrected chi connectivity index (χ2v) is 4.28. The first-order chi connectivity index (χ1) is 7.91. The van der Waals surface area contributed by atoms with E-state index in [-0.39, 0.29) is 12.5 Å². The van der Waals surface area contributed by atoms with E-state index in [1.54, 1.807) is 31.2 Å². The number of carboxylic acid groups (broad SMARTS) is 1. The summed E-state index contributed by atoms with van der Waals surface area (Å²) in [5.41, 5.74) is 0.648. The van der Waals surface area contributed by atoms with Crippen LogP contribution in [0.15, 0.2) is 24.3 Å². The number of benzene rings is 1. The Morgan fingerprint density at radius 2 is 1.88 bits per heavy atom. The van der Waals surface area contributed by atoms with Crippen LogP contribution in [-0.4, -0.2) is 23.5 Å². The van der Waals surface area contributed by atoms with Crippen LogP contribution < -0.4 is 4.90 Å². The molecule has 0 heterocycles. The molecule has 0 fully saturated rings. The first-order valence-corrected chi connectivity index (χ1v) is 5.56. The summed E-state index contributed by atoms with van der Waals surface area (Å²) in [4.78, 5) is 23.7. The Bertz CT molecular complexity index is 416. The Hall–Kier alpha value is -1.55. The maximum atomic E-state index is 11.5. The van der Waals surface area contributed by atoms with E-state index in [0.29, 0.717) is 10.7 Å². The van der Waals surface area contributed by atoms with Gasteiger partial charge in [0.05, 0.1) is 5.92 Å². The van der Waals surface area contributed by atoms with Gasteiger partial charge >= 0.3 is 5.97 Å². The molecule has 0 saturated heterocycles. The van der Waals surface area contributed by atoms with Crippen molar-refractivity contribution < 1.29 is 14.7 Å². The maximum Gasteiger partial charge on any atom is 0.308 e. The smallest absolute Gasteiger partial charge is 0.308 e. The number of anilines is 1. The van der Waals surface area contributed by atoms with E-state index in [2.05, 4.69) is 0 Å². The summed E-state index contributed by atoms with van der Waals surface area (Å²) >= 11 is 5.75. The van der Waals surface area contributed by atoms with Crippen molar-refractivity contribution in [2.75, 3.05) is 11.4 Å². The Labute approximate surface area is 105 Å². The molecule has 17 heavy (non-hydrogen) atoms. The molecule has 5 heteroatoms. The lowest BCUT2D eigenvalue weighted by molar-refractivity contribution is -0.140. The third-order valence-corrected chi connectivity index (χ3v) is 2.65. The molecular formula is C12H14ClNO3. The van der Waals surface area contributed by atoms with Gasteiger partial charge in [-0.15, -0.1) is 0 Å². The molecule has 1 aromatic carbocycles. The van der Waals surface area contributed by atoms with Gasteiger partial charge in [0, 0.05) is 24.2 Å². The standard InChI is InChI=1S/C12H14ClNO3/c1-8(12(16)17)7-14(9(2)15)11-5-3-10(13)4-6-11/h3-6,8H,7H2,1-2H3,(H,16,17). The Morgan fingerprint density at radius 1 is 1.35 bits per heavy atom. The minimum Gasteiger partial charge on any atom is -0.481 e. The molecule has 0 aliphatic rings. The molecule has 0 saturated carbocycles. The molecule has 1 amide bonds. The average Bonchev–Trinajstić information content (AvgIpc) is 2.26. The number of hydrogen-bond acceptors (Lipinski definition) is 2. The van der Waals surface area contributed by atoms with Crippen LogP contribution >= 0.6 is 11.6 Å². The number of hydrogen-bond donors (Lipinski definition) is 1. The highest BCUT2D eigenvalue weighted by molar-refractivity contribution is 6.30. The summed E-state index contributed by atoms with van der Waals surface area (Å²) in [5, 5.41) is 9.42. The SMILES string of the molecule is CC(=O)N(CC(C)C(=O)O)c1ccc(Cl)cc1. The highest BCUT2D eigenvalue weighted by atomic mass is 35.5. The van der Waals surface area contributed by atoms with E-state index in [1.807, 2.05) is 0 Å². The molecule has 0 aromatic heterocycles. The van der Waals surface area contributed by atoms with Crippen LogP contribution in [0, 0.1) is 5.92 Å². The zero-order chi connectivity index (χ0) is 13.0. The molecule has 0 spiro atoms. The van der Waals surface area contributed by atoms with E-state index in [9.17, 15) is 9.59 Å². The summed E-state index contributed by atoms with van der Waals surface area (Å²) < 4.78 is 0. The summed E-state index contributed by atoms with van der Waals surface area (Å²) in [7, 11) is 0. The van der Waals surface area contributed by atoms with Crippen molar-refractivity contribution >= 4 is 29.2 Å². The summed E-state index contributed by atoms with van der Waals surface area (Å²) in [6.07, 6.45) is 0. The molecule has 0 aliphatic carbocycles. The number of aliphatic carboxylic acids is 1. The van der Waals surface area contributed by atoms with Gasteiger partial charge in [0.15, 0.2) is 0 Å². The van der Waals surface area contributed by atoms with Crippen LogP contribution in [0.1, 0.15) is 13.8 Å². The van der Waals surface area contributed by atoms with Gasteiger partial charge < -0.3 is 10.0 Å². The number of halogens is 1. The summed E-state index contributed by atoms with van der Waals surface area (Å²) in [6.45, 7) is 3.11. The zero-order valence-electron chi connectivity index (χ0n) is 9.68. The number of amides is 1. The van der Waals surface area contributed by atoms with E-state index in [4.69, 9.17) is 16.7 Å². The number of carbonyl (C=O) groups excluding carboxylic acids is 1. The molecule has 0 bridgehead atoms. The Morgan fingerprint density at radius 3 is 2.29 bits per heavy atom. The predicted molar refractivity (Wildman–Crippen MR) is 66.3 cm³/mol. The van der Waals surface area contributed by atoms with Gasteiger partial charge in [-0.05, 0) is 24.3 Å². The van der Waals surface area contributed by atoms with Crippen LogP contribution in [0.5, 0.6) is 0 Å². The highest BCUT2D eigenvalue weighted by Crippen LogP contribution is 2.19. The van der Waals surface area contributed by atoms with Crippen LogP contribution in [-0.2, 0) is 9.59 Å². The maximum absolute atomic E-state index is 11.5. The molecular weight excluding hydrogens is 242 g/mol. The summed E-state index contributed by atoms with van der Waals surface area (Å²) in [6, 6.07) is 6.72. The molecule has 92 valence electrons. The van der Waals surface area contributed by atoms with Gasteiger partial charge in [-0.1, -0.05) is 18.5 Å². The normalized spacial score (nSPS) is 11.9. The van der Waals surface area contributed by atoms with E-state index >= 15 is 0 Å². The Kier molecular flexibility index (Phi) is 4.52. The third kappa shape index (κ3) is 3.75. The van der Waals surface area contributed by atoms with Crippen LogP contribution in [0.4, 0.5) is 5.69 Å². The number of carbonyl (C=O) groups is 2. The molecule has 1 rings (SSSR count). The minimum absolute atomic E-state index is 0.145. The molecule has 1 unspecified atom stereocenters. The fourth-order valence-electron chi connectivity index (χ4n) is 1.39. The lowest BCUT2D eigenvalue weighted by Gasteiger charge is -2.23. The van der Waals surface area contributed by atoms with Gasteiger partial charge in [0.2, 0.25) is 5.91 Å². The highest BCUT2D eigenvalue weighted by Gasteiger charge is 2.19. The second-order valence-electron chi connectivity index (χ2n) is 3.85. The van der Waals surface area contributed by atoms with E-state index < -0.39 is 11.9 Å². The van der Waals surface area contributed by atoms with Crippen molar-refractivity contribution in [1.29, 1.82) is 0 Å². The molecule has 0 aliphatic heterocycles. The van der Waals surface area contributed by atoms with Gasteiger partial charge in [0.25, 0.3) is 0 Å². The zero-order valence-corrected chi connectivity index (χ0v) is 10.4. The molecule has 0 radical (unpaired) electrons. The largest absolute Gasteiger partial charge is 0.481 e. The molecule has 1 atom stereocenters. The van der Waals surface area contributed by atoms with Crippen molar-refractivity contribution in [3.05, 3.63) is 29.3 Å². The van der Waals surface area contributed by atoms with Gasteiger partial charge in [-0.3, -0.25) is 9.59 Å². The lowest BCUT2D eigenvalue weighted by Crippen LogP contribution is -2.35. The monoisotopic (exact) mass is 255 g/mol. The van der Waals surface area contributed by atoms with Crippen LogP contribution in [0.25, 0.3) is 0 Å². The number of carboxylic acids is 1. The third-order valence-electron chi connectivity index (χ3n) is 2.40. The average molecular weight is 256 g/mol. The predicted octanol–water partition coefficient (Wildman–Crippen LogP) is 2.41. The van der Waals surface area contributed by atoms with Crippen molar-refractivity contribution in [3.63, 3.8) is 0 Å². The van der Waals surface area contributed by atoms with Crippen molar-refractivity contribution in [3.8, 4) is 0 Å². The first kappa shape index (κ1) is 13.5. The minimum atomic E-state index is -0.926. The van der Waals surface area contributed by atoms with Gasteiger partial charge in [0.1, 0.15) is 0 Å². The van der Waals surface area contributed by atoms with Gasteiger partial charge in [-0.25, -0.2) is 0 Å². The van der Waals surface area contributed by atoms with Crippen LogP contribution in [0.3, 0.4) is 0 Å². The van der Waals surface area contributed by atoms with E-state index in [0.717, 1.165) is 0 Å². The van der Waals surface area contributed by atoms with Crippen molar-refractivity contribution in [2.24, 2.45) is 5.92 Å². The quantitative estimate of drug-likeness (QED) is 0.899. The number of nitrogens with zero attached hydrogens (tertiary/aromatic N) is 1. The summed E-state index contributed by atoms with van der Waals surface area (Å²) in [5.74, 6) is -1.74. The van der Waals surface area contributed by atoms with E-state index in [1.165, 1.54) is 11.8 Å². The molecule has 1 N–H and O–H groups in total. The molecule has 1 aromatic rings. The van der Waals surface area contributed by atoms with Crippen molar-refractivity contribution in [2.45, 2.75) is 13.8 Å². The lowest BCUT2D eigenvalue weighted by atomic mass is 10.1. The fourth-order valence-corrected chi connectivity index (χ4v) is 1.51. The topological polar surface area (TPSA) is 57.6 Å². The van der Waals surface area contributed by atoms with Gasteiger partial charge in [-0.2, -0.15) is 0 Å².